The molecule has 0 radical (unpaired) electrons. The fourth-order valence-electron chi connectivity index (χ4n) is 4.36. The second-order valence-electron chi connectivity index (χ2n) is 8.16. The van der Waals surface area contributed by atoms with Crippen molar-refractivity contribution < 1.29 is 0 Å². The van der Waals surface area contributed by atoms with Crippen molar-refractivity contribution in [3.8, 4) is 5.95 Å². The standard InChI is InChI=1S/C25H26N4/c1-17-12-13-21-22(14-17)27-25(28-24(21)26-16-19-8-4-3-5-9-19)29-18(2)15-20-10-6-7-11-23(20)29/h3-11,15,17H,12-14,16H2,1-2H3,(H,26,27,28). The van der Waals surface area contributed by atoms with Crippen LogP contribution in [-0.4, -0.2) is 14.5 Å². The third-order valence-corrected chi connectivity index (χ3v) is 5.91. The van der Waals surface area contributed by atoms with Gasteiger partial charge < -0.3 is 5.32 Å². The molecule has 1 unspecified atom stereocenters. The number of rotatable bonds is 4. The second kappa shape index (κ2) is 7.36. The molecule has 1 aliphatic rings. The third kappa shape index (κ3) is 3.39. The van der Waals surface area contributed by atoms with Gasteiger partial charge in [-0.25, -0.2) is 4.98 Å². The molecule has 0 saturated heterocycles. The molecule has 4 nitrogen and oxygen atoms in total. The van der Waals surface area contributed by atoms with Crippen LogP contribution in [-0.2, 0) is 19.4 Å². The number of para-hydroxylation sites is 1. The van der Waals surface area contributed by atoms with E-state index in [1.807, 2.05) is 0 Å². The fourth-order valence-corrected chi connectivity index (χ4v) is 4.36. The van der Waals surface area contributed by atoms with Crippen LogP contribution < -0.4 is 5.32 Å². The number of fused-ring (bicyclic) bond motifs is 2. The third-order valence-electron chi connectivity index (χ3n) is 5.91. The van der Waals surface area contributed by atoms with Crippen LogP contribution in [0.2, 0.25) is 0 Å². The first-order valence-corrected chi connectivity index (χ1v) is 10.4. The van der Waals surface area contributed by atoms with E-state index in [0.717, 1.165) is 42.4 Å². The highest BCUT2D eigenvalue weighted by atomic mass is 15.2. The monoisotopic (exact) mass is 382 g/mol. The number of benzene rings is 2. The van der Waals surface area contributed by atoms with E-state index in [1.54, 1.807) is 0 Å². The van der Waals surface area contributed by atoms with Gasteiger partial charge in [-0.2, -0.15) is 4.98 Å². The second-order valence-corrected chi connectivity index (χ2v) is 8.16. The van der Waals surface area contributed by atoms with E-state index >= 15 is 0 Å². The van der Waals surface area contributed by atoms with Crippen LogP contribution in [0.25, 0.3) is 16.9 Å². The summed E-state index contributed by atoms with van der Waals surface area (Å²) in [4.78, 5) is 10.1. The molecule has 0 aliphatic heterocycles. The maximum absolute atomic E-state index is 5.04. The van der Waals surface area contributed by atoms with Gasteiger partial charge in [0.05, 0.1) is 11.2 Å². The average molecular weight is 383 g/mol. The first-order chi connectivity index (χ1) is 14.2. The van der Waals surface area contributed by atoms with Gasteiger partial charge in [0.1, 0.15) is 5.82 Å². The molecule has 2 heterocycles. The Morgan fingerprint density at radius 2 is 1.83 bits per heavy atom. The van der Waals surface area contributed by atoms with Crippen LogP contribution in [0.3, 0.4) is 0 Å². The van der Waals surface area contributed by atoms with Gasteiger partial charge in [0, 0.05) is 23.2 Å². The summed E-state index contributed by atoms with van der Waals surface area (Å²) in [6.07, 6.45) is 3.25. The number of aryl methyl sites for hydroxylation is 1. The molecule has 4 heteroatoms. The summed E-state index contributed by atoms with van der Waals surface area (Å²) in [5, 5.41) is 4.83. The zero-order valence-corrected chi connectivity index (χ0v) is 17.0. The molecule has 146 valence electrons. The van der Waals surface area contributed by atoms with Crippen LogP contribution in [0.4, 0.5) is 5.82 Å². The largest absolute Gasteiger partial charge is 0.366 e. The van der Waals surface area contributed by atoms with Crippen LogP contribution in [0.15, 0.2) is 60.7 Å². The van der Waals surface area contributed by atoms with Gasteiger partial charge in [-0.3, -0.25) is 4.57 Å². The molecule has 5 rings (SSSR count). The van der Waals surface area contributed by atoms with Crippen molar-refractivity contribution in [2.75, 3.05) is 5.32 Å². The van der Waals surface area contributed by atoms with E-state index in [0.29, 0.717) is 5.92 Å². The molecular weight excluding hydrogens is 356 g/mol. The molecule has 0 amide bonds. The lowest BCUT2D eigenvalue weighted by Gasteiger charge is -2.24. The zero-order valence-electron chi connectivity index (χ0n) is 17.0. The minimum absolute atomic E-state index is 0.662. The highest BCUT2D eigenvalue weighted by Gasteiger charge is 2.23. The van der Waals surface area contributed by atoms with Gasteiger partial charge in [0.25, 0.3) is 0 Å². The zero-order chi connectivity index (χ0) is 19.8. The summed E-state index contributed by atoms with van der Waals surface area (Å²) >= 11 is 0. The van der Waals surface area contributed by atoms with Crippen molar-refractivity contribution in [1.29, 1.82) is 0 Å². The number of aromatic nitrogens is 3. The Kier molecular flexibility index (Phi) is 4.55. The normalized spacial score (nSPS) is 16.0. The summed E-state index contributed by atoms with van der Waals surface area (Å²) in [5.41, 5.74) is 6.05. The minimum Gasteiger partial charge on any atom is -0.366 e. The molecule has 0 fully saturated rings. The van der Waals surface area contributed by atoms with Gasteiger partial charge in [0.15, 0.2) is 0 Å². The first kappa shape index (κ1) is 17.9. The Labute approximate surface area is 171 Å². The van der Waals surface area contributed by atoms with Crippen molar-refractivity contribution in [2.24, 2.45) is 5.92 Å². The predicted octanol–water partition coefficient (Wildman–Crippen LogP) is 5.47. The Bertz CT molecular complexity index is 1160. The van der Waals surface area contributed by atoms with Crippen molar-refractivity contribution in [1.82, 2.24) is 14.5 Å². The van der Waals surface area contributed by atoms with Crippen molar-refractivity contribution >= 4 is 16.7 Å². The lowest BCUT2D eigenvalue weighted by atomic mass is 9.88. The number of anilines is 1. The van der Waals surface area contributed by atoms with Crippen molar-refractivity contribution in [3.05, 3.63) is 83.2 Å². The molecule has 1 aliphatic carbocycles. The molecule has 29 heavy (non-hydrogen) atoms. The smallest absolute Gasteiger partial charge is 0.236 e. The molecule has 4 aromatic rings. The highest BCUT2D eigenvalue weighted by Crippen LogP contribution is 2.31. The van der Waals surface area contributed by atoms with Crippen LogP contribution in [0, 0.1) is 12.8 Å². The molecule has 0 saturated carbocycles. The lowest BCUT2D eigenvalue weighted by Crippen LogP contribution is -2.19. The Hall–Kier alpha value is -3.14. The molecule has 2 aromatic carbocycles. The van der Waals surface area contributed by atoms with Gasteiger partial charge in [-0.15, -0.1) is 0 Å². The molecule has 2 aromatic heterocycles. The number of hydrogen-bond donors (Lipinski definition) is 1. The van der Waals surface area contributed by atoms with Gasteiger partial charge in [-0.05, 0) is 49.8 Å². The van der Waals surface area contributed by atoms with E-state index in [4.69, 9.17) is 9.97 Å². The van der Waals surface area contributed by atoms with E-state index in [1.165, 1.54) is 28.6 Å². The summed E-state index contributed by atoms with van der Waals surface area (Å²) in [6.45, 7) is 5.21. The molecular formula is C25H26N4. The SMILES string of the molecule is Cc1cc2ccccc2n1-c1nc2c(c(NCc3ccccc3)n1)CCC(C)C2. The predicted molar refractivity (Wildman–Crippen MR) is 119 cm³/mol. The number of hydrogen-bond acceptors (Lipinski definition) is 3. The topological polar surface area (TPSA) is 42.7 Å². The Balaban J connectivity index is 1.61. The quantitative estimate of drug-likeness (QED) is 0.509. The van der Waals surface area contributed by atoms with Crippen LogP contribution in [0.5, 0.6) is 0 Å². The van der Waals surface area contributed by atoms with E-state index < -0.39 is 0 Å². The first-order valence-electron chi connectivity index (χ1n) is 10.4. The van der Waals surface area contributed by atoms with E-state index in [2.05, 4.69) is 84.4 Å². The number of nitrogens with one attached hydrogen (secondary N) is 1. The molecule has 1 atom stereocenters. The fraction of sp³-hybridized carbons (Fsp3) is 0.280. The summed E-state index contributed by atoms with van der Waals surface area (Å²) < 4.78 is 2.18. The maximum Gasteiger partial charge on any atom is 0.236 e. The van der Waals surface area contributed by atoms with Gasteiger partial charge >= 0.3 is 0 Å². The summed E-state index contributed by atoms with van der Waals surface area (Å²) in [7, 11) is 0. The number of nitrogens with zero attached hydrogens (tertiary/aromatic N) is 3. The van der Waals surface area contributed by atoms with Crippen molar-refractivity contribution in [3.63, 3.8) is 0 Å². The Morgan fingerprint density at radius 3 is 2.69 bits per heavy atom. The van der Waals surface area contributed by atoms with Crippen LogP contribution >= 0.6 is 0 Å². The molecule has 0 spiro atoms. The minimum atomic E-state index is 0.662. The van der Waals surface area contributed by atoms with Crippen LogP contribution in [0.1, 0.15) is 35.9 Å². The maximum atomic E-state index is 5.04. The molecule has 0 bridgehead atoms. The summed E-state index contributed by atoms with van der Waals surface area (Å²) in [6, 6.07) is 21.2. The Morgan fingerprint density at radius 1 is 1.03 bits per heavy atom. The molecule has 1 N–H and O–H groups in total. The van der Waals surface area contributed by atoms with Crippen molar-refractivity contribution in [2.45, 2.75) is 39.7 Å². The van der Waals surface area contributed by atoms with E-state index in [9.17, 15) is 0 Å². The average Bonchev–Trinajstić information content (AvgIpc) is 3.08. The lowest BCUT2D eigenvalue weighted by molar-refractivity contribution is 0.490. The summed E-state index contributed by atoms with van der Waals surface area (Å²) in [5.74, 6) is 2.42. The highest BCUT2D eigenvalue weighted by molar-refractivity contribution is 5.82. The van der Waals surface area contributed by atoms with E-state index in [-0.39, 0.29) is 0 Å². The van der Waals surface area contributed by atoms with Gasteiger partial charge in [-0.1, -0.05) is 55.5 Å². The van der Waals surface area contributed by atoms with Gasteiger partial charge in [0.2, 0.25) is 5.95 Å².